The van der Waals surface area contributed by atoms with Crippen molar-refractivity contribution in [3.05, 3.63) is 56.9 Å². The number of halogens is 2. The second-order valence-corrected chi connectivity index (χ2v) is 9.18. The number of carbonyl (C=O) groups excluding carboxylic acids is 1. The number of hydrogen-bond donors (Lipinski definition) is 0. The van der Waals surface area contributed by atoms with Gasteiger partial charge in [0.05, 0.1) is 4.88 Å². The highest BCUT2D eigenvalue weighted by Gasteiger charge is 2.34. The van der Waals surface area contributed by atoms with Crippen molar-refractivity contribution in [2.24, 2.45) is 0 Å². The van der Waals surface area contributed by atoms with Crippen LogP contribution in [0.25, 0.3) is 10.8 Å². The molecular formula is C21H19ClFN3O2S. The Hall–Kier alpha value is -2.25. The molecule has 1 aromatic carbocycles. The van der Waals surface area contributed by atoms with Crippen molar-refractivity contribution in [2.45, 2.75) is 44.6 Å². The molecule has 29 heavy (non-hydrogen) atoms. The minimum Gasteiger partial charge on any atom is -0.338 e. The van der Waals surface area contributed by atoms with Crippen molar-refractivity contribution in [1.82, 2.24) is 15.0 Å². The highest BCUT2D eigenvalue weighted by atomic mass is 35.5. The lowest BCUT2D eigenvalue weighted by Crippen LogP contribution is -2.24. The van der Waals surface area contributed by atoms with Crippen LogP contribution in [0.4, 0.5) is 4.39 Å². The molecule has 1 amide bonds. The van der Waals surface area contributed by atoms with Gasteiger partial charge in [-0.15, -0.1) is 11.3 Å². The first-order chi connectivity index (χ1) is 14.1. The van der Waals surface area contributed by atoms with Crippen molar-refractivity contribution in [3.8, 4) is 10.8 Å². The summed E-state index contributed by atoms with van der Waals surface area (Å²) >= 11 is 7.84. The van der Waals surface area contributed by atoms with Gasteiger partial charge in [0.1, 0.15) is 5.82 Å². The summed E-state index contributed by atoms with van der Waals surface area (Å²) in [6.45, 7) is 0.837. The van der Waals surface area contributed by atoms with E-state index in [1.54, 1.807) is 22.3 Å². The molecule has 1 saturated heterocycles. The predicted octanol–water partition coefficient (Wildman–Crippen LogP) is 4.99. The van der Waals surface area contributed by atoms with Gasteiger partial charge < -0.3 is 9.42 Å². The standard InChI is InChI=1S/C21H19ClFN3O2S/c22-16-9-15(23)6-5-13(16)10-26-11-14(8-19(26)27)20-24-21(28-25-20)18-7-12-3-1-2-4-17(12)29-18/h5-7,9,14H,1-4,8,10-11H2. The number of fused-ring (bicyclic) bond motifs is 1. The fraction of sp³-hybridized carbons (Fsp3) is 0.381. The molecule has 0 saturated carbocycles. The van der Waals surface area contributed by atoms with E-state index in [0.717, 1.165) is 23.3 Å². The number of rotatable bonds is 4. The SMILES string of the molecule is O=C1CC(c2noc(-c3cc4c(s3)CCCC4)n2)CN1Cc1ccc(F)cc1Cl. The summed E-state index contributed by atoms with van der Waals surface area (Å²) in [6.07, 6.45) is 5.04. The largest absolute Gasteiger partial charge is 0.338 e. The van der Waals surface area contributed by atoms with Gasteiger partial charge in [0.15, 0.2) is 5.82 Å². The average molecular weight is 432 g/mol. The first-order valence-corrected chi connectivity index (χ1v) is 10.9. The minimum absolute atomic E-state index is 0.00771. The van der Waals surface area contributed by atoms with Gasteiger partial charge in [-0.05, 0) is 55.0 Å². The second-order valence-electron chi connectivity index (χ2n) is 7.63. The molecule has 0 spiro atoms. The molecule has 1 unspecified atom stereocenters. The van der Waals surface area contributed by atoms with Gasteiger partial charge in [-0.2, -0.15) is 4.98 Å². The molecule has 8 heteroatoms. The van der Waals surface area contributed by atoms with Crippen LogP contribution < -0.4 is 0 Å². The van der Waals surface area contributed by atoms with Crippen LogP contribution in [0.2, 0.25) is 5.02 Å². The van der Waals surface area contributed by atoms with Gasteiger partial charge >= 0.3 is 0 Å². The molecule has 0 N–H and O–H groups in total. The lowest BCUT2D eigenvalue weighted by Gasteiger charge is -2.17. The second kappa shape index (κ2) is 7.54. The molecule has 3 aromatic rings. The zero-order chi connectivity index (χ0) is 20.0. The quantitative estimate of drug-likeness (QED) is 0.584. The molecule has 5 rings (SSSR count). The van der Waals surface area contributed by atoms with E-state index in [1.165, 1.54) is 35.4 Å². The van der Waals surface area contributed by atoms with Gasteiger partial charge in [0.25, 0.3) is 5.89 Å². The van der Waals surface area contributed by atoms with E-state index >= 15 is 0 Å². The number of hydrogen-bond acceptors (Lipinski definition) is 5. The molecule has 150 valence electrons. The maximum Gasteiger partial charge on any atom is 0.268 e. The Morgan fingerprint density at radius 2 is 2.14 bits per heavy atom. The van der Waals surface area contributed by atoms with Crippen LogP contribution in [-0.4, -0.2) is 27.5 Å². The van der Waals surface area contributed by atoms with E-state index < -0.39 is 0 Å². The number of aromatic nitrogens is 2. The third-order valence-corrected chi connectivity index (χ3v) is 7.18. The van der Waals surface area contributed by atoms with Crippen LogP contribution in [0.5, 0.6) is 0 Å². The Morgan fingerprint density at radius 3 is 2.97 bits per heavy atom. The van der Waals surface area contributed by atoms with Crippen molar-refractivity contribution in [3.63, 3.8) is 0 Å². The van der Waals surface area contributed by atoms with Gasteiger partial charge in [0.2, 0.25) is 5.91 Å². The maximum atomic E-state index is 13.2. The van der Waals surface area contributed by atoms with E-state index in [0.29, 0.717) is 36.2 Å². The van der Waals surface area contributed by atoms with Crippen molar-refractivity contribution < 1.29 is 13.7 Å². The fourth-order valence-corrected chi connectivity index (χ4v) is 5.45. The highest BCUT2D eigenvalue weighted by Crippen LogP contribution is 2.36. The zero-order valence-corrected chi connectivity index (χ0v) is 17.2. The van der Waals surface area contributed by atoms with Gasteiger partial charge in [-0.25, -0.2) is 4.39 Å². The third-order valence-electron chi connectivity index (χ3n) is 5.61. The van der Waals surface area contributed by atoms with Crippen molar-refractivity contribution >= 4 is 28.8 Å². The summed E-state index contributed by atoms with van der Waals surface area (Å²) in [5.74, 6) is 0.598. The van der Waals surface area contributed by atoms with E-state index in [4.69, 9.17) is 16.1 Å². The molecule has 1 fully saturated rings. The van der Waals surface area contributed by atoms with Crippen LogP contribution in [-0.2, 0) is 24.2 Å². The first-order valence-electron chi connectivity index (χ1n) is 9.74. The van der Waals surface area contributed by atoms with E-state index in [1.807, 2.05) is 0 Å². The smallest absolute Gasteiger partial charge is 0.268 e. The number of thiophene rings is 1. The van der Waals surface area contributed by atoms with E-state index in [-0.39, 0.29) is 17.6 Å². The molecule has 1 atom stereocenters. The van der Waals surface area contributed by atoms with E-state index in [2.05, 4.69) is 16.2 Å². The molecule has 5 nitrogen and oxygen atoms in total. The summed E-state index contributed by atoms with van der Waals surface area (Å²) in [7, 11) is 0. The molecule has 2 aromatic heterocycles. The highest BCUT2D eigenvalue weighted by molar-refractivity contribution is 7.15. The number of amides is 1. The van der Waals surface area contributed by atoms with Gasteiger partial charge in [-0.1, -0.05) is 22.8 Å². The van der Waals surface area contributed by atoms with E-state index in [9.17, 15) is 9.18 Å². The van der Waals surface area contributed by atoms with Gasteiger partial charge in [0, 0.05) is 35.3 Å². The molecule has 0 bridgehead atoms. The molecule has 3 heterocycles. The molecule has 0 radical (unpaired) electrons. The molecule has 1 aliphatic heterocycles. The normalized spacial score (nSPS) is 19.0. The number of aryl methyl sites for hydroxylation is 2. The zero-order valence-electron chi connectivity index (χ0n) is 15.7. The summed E-state index contributed by atoms with van der Waals surface area (Å²) < 4.78 is 18.8. The van der Waals surface area contributed by atoms with Crippen LogP contribution in [0.3, 0.4) is 0 Å². The Labute approximate surface area is 176 Å². The number of carbonyl (C=O) groups is 1. The fourth-order valence-electron chi connectivity index (χ4n) is 4.05. The Morgan fingerprint density at radius 1 is 1.28 bits per heavy atom. The first kappa shape index (κ1) is 18.8. The predicted molar refractivity (Wildman–Crippen MR) is 108 cm³/mol. The average Bonchev–Trinajstić information content (AvgIpc) is 3.42. The summed E-state index contributed by atoms with van der Waals surface area (Å²) in [4.78, 5) is 21.2. The molecular weight excluding hydrogens is 413 g/mol. The summed E-state index contributed by atoms with van der Waals surface area (Å²) in [5.41, 5.74) is 2.12. The topological polar surface area (TPSA) is 59.2 Å². The summed E-state index contributed by atoms with van der Waals surface area (Å²) in [5, 5.41) is 4.48. The molecule has 2 aliphatic rings. The van der Waals surface area contributed by atoms with Crippen molar-refractivity contribution in [1.29, 1.82) is 0 Å². The van der Waals surface area contributed by atoms with Crippen LogP contribution in [0.15, 0.2) is 28.8 Å². The van der Waals surface area contributed by atoms with Crippen LogP contribution in [0.1, 0.15) is 47.0 Å². The van der Waals surface area contributed by atoms with Gasteiger partial charge in [-0.3, -0.25) is 4.79 Å². The number of likely N-dealkylation sites (tertiary alicyclic amines) is 1. The molecule has 1 aliphatic carbocycles. The van der Waals surface area contributed by atoms with Crippen LogP contribution in [0, 0.1) is 5.82 Å². The monoisotopic (exact) mass is 431 g/mol. The Kier molecular flexibility index (Phi) is 4.87. The maximum absolute atomic E-state index is 13.2. The van der Waals surface area contributed by atoms with Crippen molar-refractivity contribution in [2.75, 3.05) is 6.54 Å². The lowest BCUT2D eigenvalue weighted by molar-refractivity contribution is -0.128. The number of benzene rings is 1. The third kappa shape index (κ3) is 3.69. The lowest BCUT2D eigenvalue weighted by atomic mass is 9.99. The minimum atomic E-state index is -0.390. The Balaban J connectivity index is 1.31. The summed E-state index contributed by atoms with van der Waals surface area (Å²) in [6, 6.07) is 6.40. The Bertz CT molecular complexity index is 1060. The number of nitrogens with zero attached hydrogens (tertiary/aromatic N) is 3. The van der Waals surface area contributed by atoms with Crippen LogP contribution >= 0.6 is 22.9 Å².